The van der Waals surface area contributed by atoms with Crippen molar-refractivity contribution in [1.82, 2.24) is 5.32 Å². The second kappa shape index (κ2) is 6.23. The number of aliphatic hydroxyl groups excluding tert-OH is 1. The third-order valence-corrected chi connectivity index (χ3v) is 3.65. The summed E-state index contributed by atoms with van der Waals surface area (Å²) in [5.41, 5.74) is -0.685. The Bertz CT molecular complexity index is 511. The third kappa shape index (κ3) is 3.29. The number of benzene rings is 1. The first-order valence-corrected chi connectivity index (χ1v) is 6.50. The van der Waals surface area contributed by atoms with Crippen molar-refractivity contribution in [2.45, 2.75) is 31.9 Å². The van der Waals surface area contributed by atoms with Gasteiger partial charge in [-0.1, -0.05) is 6.42 Å². The molecule has 2 N–H and O–H groups in total. The van der Waals surface area contributed by atoms with E-state index in [9.17, 15) is 24.0 Å². The third-order valence-electron chi connectivity index (χ3n) is 3.65. The Morgan fingerprint density at radius 1 is 1.35 bits per heavy atom. The number of nitrogens with zero attached hydrogens (tertiary/aromatic N) is 1. The van der Waals surface area contributed by atoms with Crippen molar-refractivity contribution < 1.29 is 18.8 Å². The van der Waals surface area contributed by atoms with E-state index >= 15 is 0 Å². The van der Waals surface area contributed by atoms with Gasteiger partial charge in [-0.2, -0.15) is 4.39 Å². The SMILES string of the molecule is O=[N+]([O-])c1cc(CNCC2CCCC2O)c(F)cc1F. The van der Waals surface area contributed by atoms with Gasteiger partial charge in [-0.3, -0.25) is 10.1 Å². The molecule has 110 valence electrons. The summed E-state index contributed by atoms with van der Waals surface area (Å²) < 4.78 is 26.7. The maximum absolute atomic E-state index is 13.5. The second-order valence-electron chi connectivity index (χ2n) is 5.04. The van der Waals surface area contributed by atoms with Crippen LogP contribution in [0.15, 0.2) is 12.1 Å². The van der Waals surface area contributed by atoms with Crippen LogP contribution in [0.5, 0.6) is 0 Å². The van der Waals surface area contributed by atoms with E-state index in [1.807, 2.05) is 0 Å². The Balaban J connectivity index is 1.98. The fourth-order valence-corrected chi connectivity index (χ4v) is 2.50. The molecule has 0 amide bonds. The summed E-state index contributed by atoms with van der Waals surface area (Å²) >= 11 is 0. The molecule has 0 spiro atoms. The lowest BCUT2D eigenvalue weighted by Gasteiger charge is -2.15. The van der Waals surface area contributed by atoms with E-state index in [-0.39, 0.29) is 24.1 Å². The lowest BCUT2D eigenvalue weighted by molar-refractivity contribution is -0.387. The van der Waals surface area contributed by atoms with Crippen LogP contribution in [0.4, 0.5) is 14.5 Å². The van der Waals surface area contributed by atoms with E-state index in [2.05, 4.69) is 5.32 Å². The highest BCUT2D eigenvalue weighted by atomic mass is 19.1. The lowest BCUT2D eigenvalue weighted by atomic mass is 10.1. The zero-order valence-electron chi connectivity index (χ0n) is 10.8. The van der Waals surface area contributed by atoms with Crippen LogP contribution in [-0.2, 0) is 6.54 Å². The minimum absolute atomic E-state index is 0.0468. The molecule has 5 nitrogen and oxygen atoms in total. The molecule has 20 heavy (non-hydrogen) atoms. The van der Waals surface area contributed by atoms with E-state index in [1.54, 1.807) is 0 Å². The van der Waals surface area contributed by atoms with Gasteiger partial charge in [0.15, 0.2) is 0 Å². The maximum atomic E-state index is 13.5. The van der Waals surface area contributed by atoms with Crippen LogP contribution in [0, 0.1) is 27.7 Å². The largest absolute Gasteiger partial charge is 0.393 e. The molecule has 1 aromatic rings. The number of halogens is 2. The van der Waals surface area contributed by atoms with E-state index in [0.29, 0.717) is 12.6 Å². The fraction of sp³-hybridized carbons (Fsp3) is 0.538. The van der Waals surface area contributed by atoms with Crippen LogP contribution < -0.4 is 5.32 Å². The van der Waals surface area contributed by atoms with Crippen LogP contribution in [0.1, 0.15) is 24.8 Å². The van der Waals surface area contributed by atoms with Gasteiger partial charge >= 0.3 is 5.69 Å². The predicted octanol–water partition coefficient (Wildman–Crippen LogP) is 2.12. The van der Waals surface area contributed by atoms with Crippen molar-refractivity contribution in [2.75, 3.05) is 6.54 Å². The molecule has 1 aliphatic rings. The van der Waals surface area contributed by atoms with Crippen LogP contribution in [0.3, 0.4) is 0 Å². The number of nitro groups is 1. The summed E-state index contributed by atoms with van der Waals surface area (Å²) in [6, 6.07) is 1.43. The zero-order chi connectivity index (χ0) is 14.7. The summed E-state index contributed by atoms with van der Waals surface area (Å²) in [4.78, 5) is 9.72. The molecule has 0 aromatic heterocycles. The van der Waals surface area contributed by atoms with E-state index < -0.39 is 22.2 Å². The van der Waals surface area contributed by atoms with Crippen LogP contribution in [0.2, 0.25) is 0 Å². The molecule has 7 heteroatoms. The predicted molar refractivity (Wildman–Crippen MR) is 68.1 cm³/mol. The average molecular weight is 286 g/mol. The minimum Gasteiger partial charge on any atom is -0.393 e. The standard InChI is InChI=1S/C13H16F2N2O3/c14-10-5-11(15)12(17(19)20)4-9(10)7-16-6-8-2-1-3-13(8)18/h4-5,8,13,16,18H,1-3,6-7H2. The van der Waals surface area contributed by atoms with Gasteiger partial charge in [0.2, 0.25) is 5.82 Å². The first-order valence-electron chi connectivity index (χ1n) is 6.50. The van der Waals surface area contributed by atoms with Gasteiger partial charge in [-0.25, -0.2) is 4.39 Å². The number of rotatable bonds is 5. The van der Waals surface area contributed by atoms with Gasteiger partial charge in [0.05, 0.1) is 11.0 Å². The maximum Gasteiger partial charge on any atom is 0.305 e. The second-order valence-corrected chi connectivity index (χ2v) is 5.04. The van der Waals surface area contributed by atoms with Crippen molar-refractivity contribution in [2.24, 2.45) is 5.92 Å². The van der Waals surface area contributed by atoms with Crippen molar-refractivity contribution in [3.63, 3.8) is 0 Å². The number of hydrogen-bond acceptors (Lipinski definition) is 4. The average Bonchev–Trinajstić information content (AvgIpc) is 2.77. The van der Waals surface area contributed by atoms with Gasteiger partial charge in [-0.15, -0.1) is 0 Å². The molecular formula is C13H16F2N2O3. The molecule has 2 rings (SSSR count). The van der Waals surface area contributed by atoms with Crippen LogP contribution in [0.25, 0.3) is 0 Å². The Morgan fingerprint density at radius 3 is 2.70 bits per heavy atom. The lowest BCUT2D eigenvalue weighted by Crippen LogP contribution is -2.27. The Hall–Kier alpha value is -1.60. The molecule has 1 aliphatic carbocycles. The van der Waals surface area contributed by atoms with Crippen LogP contribution >= 0.6 is 0 Å². The van der Waals surface area contributed by atoms with Crippen molar-refractivity contribution in [3.8, 4) is 0 Å². The molecule has 0 saturated heterocycles. The molecule has 1 fully saturated rings. The summed E-state index contributed by atoms with van der Waals surface area (Å²) in [6.45, 7) is 0.571. The highest BCUT2D eigenvalue weighted by Crippen LogP contribution is 2.25. The topological polar surface area (TPSA) is 75.4 Å². The summed E-state index contributed by atoms with van der Waals surface area (Å²) in [7, 11) is 0. The van der Waals surface area contributed by atoms with Crippen molar-refractivity contribution in [1.29, 1.82) is 0 Å². The zero-order valence-corrected chi connectivity index (χ0v) is 10.8. The van der Waals surface area contributed by atoms with Gasteiger partial charge < -0.3 is 10.4 Å². The monoisotopic (exact) mass is 286 g/mol. The highest BCUT2D eigenvalue weighted by molar-refractivity contribution is 5.37. The number of nitro benzene ring substituents is 1. The number of aliphatic hydroxyl groups is 1. The normalized spacial score (nSPS) is 22.1. The first-order chi connectivity index (χ1) is 9.49. The van der Waals surface area contributed by atoms with Gasteiger partial charge in [0.25, 0.3) is 0 Å². The van der Waals surface area contributed by atoms with Gasteiger partial charge in [-0.05, 0) is 18.8 Å². The molecule has 0 heterocycles. The molecule has 2 unspecified atom stereocenters. The minimum atomic E-state index is -1.18. The number of hydrogen-bond donors (Lipinski definition) is 2. The molecule has 1 aromatic carbocycles. The van der Waals surface area contributed by atoms with E-state index in [4.69, 9.17) is 0 Å². The van der Waals surface area contributed by atoms with Gasteiger partial charge in [0, 0.05) is 30.8 Å². The molecule has 0 bridgehead atoms. The summed E-state index contributed by atoms with van der Waals surface area (Å²) in [5.74, 6) is -1.87. The molecule has 2 atom stereocenters. The van der Waals surface area contributed by atoms with Crippen molar-refractivity contribution >= 4 is 5.69 Å². The molecular weight excluding hydrogens is 270 g/mol. The smallest absolute Gasteiger partial charge is 0.305 e. The Kier molecular flexibility index (Phi) is 4.61. The molecule has 1 saturated carbocycles. The van der Waals surface area contributed by atoms with Crippen LogP contribution in [-0.4, -0.2) is 22.7 Å². The highest BCUT2D eigenvalue weighted by Gasteiger charge is 2.25. The Labute approximate surface area is 114 Å². The summed E-state index contributed by atoms with van der Waals surface area (Å²) in [6.07, 6.45) is 2.28. The first kappa shape index (κ1) is 14.8. The van der Waals surface area contributed by atoms with Gasteiger partial charge in [0.1, 0.15) is 5.82 Å². The Morgan fingerprint density at radius 2 is 2.10 bits per heavy atom. The summed E-state index contributed by atoms with van der Waals surface area (Å²) in [5, 5.41) is 23.2. The fourth-order valence-electron chi connectivity index (χ4n) is 2.50. The molecule has 0 aliphatic heterocycles. The van der Waals surface area contributed by atoms with E-state index in [0.717, 1.165) is 25.3 Å². The number of nitrogens with one attached hydrogen (secondary N) is 1. The van der Waals surface area contributed by atoms with Crippen molar-refractivity contribution in [3.05, 3.63) is 39.4 Å². The van der Waals surface area contributed by atoms with E-state index in [1.165, 1.54) is 0 Å². The quantitative estimate of drug-likeness (QED) is 0.642. The molecule has 0 radical (unpaired) electrons.